The van der Waals surface area contributed by atoms with Gasteiger partial charge in [0.25, 0.3) is 5.56 Å². The van der Waals surface area contributed by atoms with Crippen molar-refractivity contribution >= 4 is 5.97 Å². The van der Waals surface area contributed by atoms with Gasteiger partial charge in [-0.25, -0.2) is 9.59 Å². The number of ether oxygens (including phenoxy) is 1. The van der Waals surface area contributed by atoms with Crippen molar-refractivity contribution in [1.82, 2.24) is 14.5 Å². The van der Waals surface area contributed by atoms with E-state index in [2.05, 4.69) is 4.98 Å². The van der Waals surface area contributed by atoms with Gasteiger partial charge < -0.3 is 14.8 Å². The highest BCUT2D eigenvalue weighted by Crippen LogP contribution is 2.13. The first-order valence-corrected chi connectivity index (χ1v) is 7.91. The van der Waals surface area contributed by atoms with Crippen molar-refractivity contribution in [3.63, 3.8) is 0 Å². The molecule has 23 heavy (non-hydrogen) atoms. The zero-order chi connectivity index (χ0) is 17.0. The molecule has 0 aromatic carbocycles. The van der Waals surface area contributed by atoms with Crippen LogP contribution >= 0.6 is 0 Å². The highest BCUT2D eigenvalue weighted by atomic mass is 16.5. The summed E-state index contributed by atoms with van der Waals surface area (Å²) in [4.78, 5) is 40.4. The third-order valence-electron chi connectivity index (χ3n) is 4.18. The topological polar surface area (TPSA) is 105 Å². The minimum atomic E-state index is -1.30. The van der Waals surface area contributed by atoms with Crippen LogP contribution in [0.2, 0.25) is 0 Å². The summed E-state index contributed by atoms with van der Waals surface area (Å²) < 4.78 is 6.53. The van der Waals surface area contributed by atoms with Gasteiger partial charge in [-0.05, 0) is 25.9 Å². The second-order valence-electron chi connectivity index (χ2n) is 5.60. The summed E-state index contributed by atoms with van der Waals surface area (Å²) in [7, 11) is 0. The van der Waals surface area contributed by atoms with Crippen molar-refractivity contribution < 1.29 is 14.6 Å². The Bertz CT molecular complexity index is 669. The molecule has 1 aromatic heterocycles. The van der Waals surface area contributed by atoms with Gasteiger partial charge in [0.15, 0.2) is 0 Å². The summed E-state index contributed by atoms with van der Waals surface area (Å²) >= 11 is 0. The fraction of sp³-hybridized carbons (Fsp3) is 0.667. The number of aromatic carboxylic acids is 1. The van der Waals surface area contributed by atoms with Crippen LogP contribution < -0.4 is 11.2 Å². The first-order valence-electron chi connectivity index (χ1n) is 7.91. The zero-order valence-electron chi connectivity index (χ0n) is 13.5. The number of aromatic amines is 1. The summed E-state index contributed by atoms with van der Waals surface area (Å²) in [5, 5.41) is 9.29. The summed E-state index contributed by atoms with van der Waals surface area (Å²) in [6, 6.07) is 0. The minimum absolute atomic E-state index is 0.110. The van der Waals surface area contributed by atoms with Crippen molar-refractivity contribution in [2.45, 2.75) is 45.9 Å². The summed E-state index contributed by atoms with van der Waals surface area (Å²) in [5.74, 6) is -1.30. The van der Waals surface area contributed by atoms with Crippen LogP contribution in [0.5, 0.6) is 0 Å². The molecule has 128 valence electrons. The summed E-state index contributed by atoms with van der Waals surface area (Å²) in [5.41, 5.74) is -1.46. The monoisotopic (exact) mass is 325 g/mol. The molecule has 0 spiro atoms. The van der Waals surface area contributed by atoms with Crippen LogP contribution in [0.25, 0.3) is 0 Å². The van der Waals surface area contributed by atoms with E-state index in [0.29, 0.717) is 19.7 Å². The zero-order valence-corrected chi connectivity index (χ0v) is 13.5. The highest BCUT2D eigenvalue weighted by molar-refractivity contribution is 5.86. The van der Waals surface area contributed by atoms with Crippen molar-refractivity contribution in [2.75, 3.05) is 19.7 Å². The molecule has 1 aliphatic heterocycles. The number of carboxylic acids is 1. The van der Waals surface area contributed by atoms with Crippen LogP contribution in [-0.4, -0.2) is 51.3 Å². The molecule has 1 aliphatic rings. The van der Waals surface area contributed by atoms with Gasteiger partial charge in [-0.3, -0.25) is 14.3 Å². The quantitative estimate of drug-likeness (QED) is 0.745. The Morgan fingerprint density at radius 1 is 1.39 bits per heavy atom. The molecule has 2 N–H and O–H groups in total. The van der Waals surface area contributed by atoms with Gasteiger partial charge in [-0.15, -0.1) is 0 Å². The number of nitrogens with zero attached hydrogens (tertiary/aromatic N) is 2. The van der Waals surface area contributed by atoms with Crippen molar-refractivity contribution in [3.05, 3.63) is 32.1 Å². The molecule has 0 saturated carbocycles. The molecule has 1 saturated heterocycles. The predicted octanol–water partition coefficient (Wildman–Crippen LogP) is 0.256. The van der Waals surface area contributed by atoms with E-state index in [0.717, 1.165) is 17.4 Å². The average molecular weight is 325 g/mol. The van der Waals surface area contributed by atoms with Gasteiger partial charge >= 0.3 is 11.7 Å². The first-order chi connectivity index (χ1) is 11.0. The lowest BCUT2D eigenvalue weighted by atomic mass is 10.2. The van der Waals surface area contributed by atoms with Gasteiger partial charge in [-0.2, -0.15) is 0 Å². The number of carbonyl (C=O) groups is 1. The number of H-pyrrole nitrogens is 1. The van der Waals surface area contributed by atoms with Crippen LogP contribution in [0.15, 0.2) is 9.59 Å². The van der Waals surface area contributed by atoms with E-state index >= 15 is 0 Å². The van der Waals surface area contributed by atoms with E-state index in [1.54, 1.807) is 0 Å². The molecule has 1 atom stereocenters. The Hall–Kier alpha value is -1.93. The second-order valence-corrected chi connectivity index (χ2v) is 5.60. The molecular weight excluding hydrogens is 302 g/mol. The molecule has 1 fully saturated rings. The first kappa shape index (κ1) is 17.4. The predicted molar refractivity (Wildman–Crippen MR) is 83.9 cm³/mol. The van der Waals surface area contributed by atoms with Gasteiger partial charge in [0, 0.05) is 13.2 Å². The van der Waals surface area contributed by atoms with E-state index in [1.165, 1.54) is 0 Å². The minimum Gasteiger partial charge on any atom is -0.477 e. The van der Waals surface area contributed by atoms with Crippen LogP contribution in [0.3, 0.4) is 0 Å². The van der Waals surface area contributed by atoms with Gasteiger partial charge in [0.05, 0.1) is 18.2 Å². The average Bonchev–Trinajstić information content (AvgIpc) is 3.03. The molecule has 0 amide bonds. The third kappa shape index (κ3) is 3.89. The van der Waals surface area contributed by atoms with Crippen LogP contribution in [0.4, 0.5) is 0 Å². The second kappa shape index (κ2) is 7.56. The normalized spacial score (nSPS) is 17.8. The van der Waals surface area contributed by atoms with Crippen molar-refractivity contribution in [2.24, 2.45) is 0 Å². The fourth-order valence-electron chi connectivity index (χ4n) is 2.77. The molecule has 0 aliphatic carbocycles. The van der Waals surface area contributed by atoms with E-state index in [-0.39, 0.29) is 30.5 Å². The molecular formula is C15H23N3O5. The molecule has 0 unspecified atom stereocenters. The fourth-order valence-corrected chi connectivity index (χ4v) is 2.77. The van der Waals surface area contributed by atoms with E-state index in [1.807, 2.05) is 18.7 Å². The number of hydrogen-bond donors (Lipinski definition) is 2. The van der Waals surface area contributed by atoms with Crippen LogP contribution in [0.1, 0.15) is 42.7 Å². The van der Waals surface area contributed by atoms with Crippen molar-refractivity contribution in [3.8, 4) is 0 Å². The van der Waals surface area contributed by atoms with Gasteiger partial charge in [0.1, 0.15) is 5.69 Å². The highest BCUT2D eigenvalue weighted by Gasteiger charge is 2.23. The Morgan fingerprint density at radius 3 is 2.61 bits per heavy atom. The maximum atomic E-state index is 12.7. The number of aromatic nitrogens is 2. The largest absolute Gasteiger partial charge is 0.477 e. The molecule has 0 bridgehead atoms. The van der Waals surface area contributed by atoms with Crippen LogP contribution in [-0.2, 0) is 17.8 Å². The van der Waals surface area contributed by atoms with E-state index in [4.69, 9.17) is 4.74 Å². The number of carboxylic acid groups (broad SMARTS) is 1. The molecule has 2 rings (SSSR count). The SMILES string of the molecule is CCN(CC)Cc1c(C(=O)O)[nH]c(=O)n(C[C@H]2CCCO2)c1=O. The number of rotatable bonds is 7. The lowest BCUT2D eigenvalue weighted by Gasteiger charge is -2.19. The Kier molecular flexibility index (Phi) is 5.73. The van der Waals surface area contributed by atoms with Crippen LogP contribution in [0, 0.1) is 0 Å². The molecule has 0 radical (unpaired) electrons. The summed E-state index contributed by atoms with van der Waals surface area (Å²) in [6.07, 6.45) is 1.51. The standard InChI is InChI=1S/C15H23N3O5/c1-3-17(4-2)9-11-12(14(20)21)16-15(22)18(13(11)19)8-10-6-5-7-23-10/h10H,3-9H2,1-2H3,(H,16,22)(H,20,21)/t10-/m1/s1. The Morgan fingerprint density at radius 2 is 2.09 bits per heavy atom. The van der Waals surface area contributed by atoms with Gasteiger partial charge in [0.2, 0.25) is 0 Å². The lowest BCUT2D eigenvalue weighted by molar-refractivity contribution is 0.0685. The Balaban J connectivity index is 2.45. The lowest BCUT2D eigenvalue weighted by Crippen LogP contribution is -2.43. The Labute approximate surface area is 133 Å². The maximum Gasteiger partial charge on any atom is 0.352 e. The number of nitrogens with one attached hydrogen (secondary N) is 1. The number of hydrogen-bond acceptors (Lipinski definition) is 5. The smallest absolute Gasteiger partial charge is 0.352 e. The molecule has 8 heteroatoms. The van der Waals surface area contributed by atoms with E-state index < -0.39 is 17.2 Å². The van der Waals surface area contributed by atoms with Crippen molar-refractivity contribution in [1.29, 1.82) is 0 Å². The van der Waals surface area contributed by atoms with Gasteiger partial charge in [-0.1, -0.05) is 13.8 Å². The van der Waals surface area contributed by atoms with E-state index in [9.17, 15) is 19.5 Å². The summed E-state index contributed by atoms with van der Waals surface area (Å²) in [6.45, 7) is 6.19. The molecule has 8 nitrogen and oxygen atoms in total. The molecule has 2 heterocycles. The molecule has 1 aromatic rings. The third-order valence-corrected chi connectivity index (χ3v) is 4.18. The maximum absolute atomic E-state index is 12.7.